The van der Waals surface area contributed by atoms with Crippen LogP contribution in [0.1, 0.15) is 10.4 Å². The number of carbonyl (C=O) groups excluding carboxylic acids is 2. The number of anilines is 1. The highest BCUT2D eigenvalue weighted by atomic mass is 35.5. The van der Waals surface area contributed by atoms with Crippen LogP contribution in [0.25, 0.3) is 0 Å². The number of carbonyl (C=O) groups is 2. The van der Waals surface area contributed by atoms with Crippen molar-refractivity contribution in [2.24, 2.45) is 0 Å². The summed E-state index contributed by atoms with van der Waals surface area (Å²) in [7, 11) is 1.46. The fourth-order valence-corrected chi connectivity index (χ4v) is 2.56. The molecule has 0 spiro atoms. The third-order valence-electron chi connectivity index (χ3n) is 3.51. The van der Waals surface area contributed by atoms with E-state index >= 15 is 0 Å². The van der Waals surface area contributed by atoms with E-state index in [0.717, 1.165) is 0 Å². The molecule has 0 saturated carbocycles. The lowest BCUT2D eigenvalue weighted by Gasteiger charge is -2.21. The van der Waals surface area contributed by atoms with Gasteiger partial charge in [0.05, 0.1) is 12.7 Å². The monoisotopic (exact) mass is 377 g/mol. The Balaban J connectivity index is 1.63. The topological polar surface area (TPSA) is 83.1 Å². The molecule has 7 nitrogen and oxygen atoms in total. The highest BCUT2D eigenvalue weighted by Gasteiger charge is 2.22. The summed E-state index contributed by atoms with van der Waals surface area (Å²) in [5.41, 5.74) is 0.709. The predicted octanol–water partition coefficient (Wildman–Crippen LogP) is 2.92. The Morgan fingerprint density at radius 3 is 2.77 bits per heavy atom. The van der Waals surface area contributed by atoms with Crippen LogP contribution in [0.4, 0.5) is 5.69 Å². The standard InChI is InChI=1S/C18H16ClNO6/c1-23-14-7-11(8-15-17(14)25-6-5-24-15)18(22)26-10-16(21)20-13-4-2-3-12(19)9-13/h2-4,7-9H,5-6,10H2,1H3,(H,20,21). The van der Waals surface area contributed by atoms with Gasteiger partial charge in [0.1, 0.15) is 13.2 Å². The van der Waals surface area contributed by atoms with E-state index < -0.39 is 18.5 Å². The van der Waals surface area contributed by atoms with Gasteiger partial charge in [-0.15, -0.1) is 0 Å². The van der Waals surface area contributed by atoms with Crippen molar-refractivity contribution < 1.29 is 28.5 Å². The lowest BCUT2D eigenvalue weighted by molar-refractivity contribution is -0.119. The minimum Gasteiger partial charge on any atom is -0.493 e. The smallest absolute Gasteiger partial charge is 0.338 e. The molecule has 0 radical (unpaired) electrons. The fraction of sp³-hybridized carbons (Fsp3) is 0.222. The maximum atomic E-state index is 12.2. The molecule has 1 amide bonds. The maximum Gasteiger partial charge on any atom is 0.338 e. The number of hydrogen-bond acceptors (Lipinski definition) is 6. The van der Waals surface area contributed by atoms with E-state index in [9.17, 15) is 9.59 Å². The number of nitrogens with one attached hydrogen (secondary N) is 1. The molecule has 0 aliphatic carbocycles. The van der Waals surface area contributed by atoms with Gasteiger partial charge in [0.25, 0.3) is 5.91 Å². The molecule has 0 saturated heterocycles. The molecule has 3 rings (SSSR count). The van der Waals surface area contributed by atoms with Gasteiger partial charge < -0.3 is 24.3 Å². The number of esters is 1. The summed E-state index contributed by atoms with van der Waals surface area (Å²) in [5, 5.41) is 3.08. The molecule has 0 aromatic heterocycles. The number of ether oxygens (including phenoxy) is 4. The van der Waals surface area contributed by atoms with Gasteiger partial charge in [-0.2, -0.15) is 0 Å². The van der Waals surface area contributed by atoms with Gasteiger partial charge in [0, 0.05) is 10.7 Å². The van der Waals surface area contributed by atoms with Crippen LogP contribution < -0.4 is 19.5 Å². The van der Waals surface area contributed by atoms with E-state index in [1.165, 1.54) is 19.2 Å². The first kappa shape index (κ1) is 17.9. The highest BCUT2D eigenvalue weighted by Crippen LogP contribution is 2.40. The second-order valence-corrected chi connectivity index (χ2v) is 5.77. The van der Waals surface area contributed by atoms with Crippen LogP contribution in [-0.2, 0) is 9.53 Å². The summed E-state index contributed by atoms with van der Waals surface area (Å²) in [6, 6.07) is 9.63. The number of halogens is 1. The molecule has 8 heteroatoms. The Labute approximate surface area is 154 Å². The second kappa shape index (κ2) is 7.97. The van der Waals surface area contributed by atoms with E-state index in [4.69, 9.17) is 30.5 Å². The fourth-order valence-electron chi connectivity index (χ4n) is 2.37. The lowest BCUT2D eigenvalue weighted by Crippen LogP contribution is -2.21. The molecule has 1 aliphatic heterocycles. The van der Waals surface area contributed by atoms with E-state index in [0.29, 0.717) is 41.2 Å². The number of amides is 1. The van der Waals surface area contributed by atoms with Crippen LogP contribution in [0, 0.1) is 0 Å². The van der Waals surface area contributed by atoms with E-state index in [1.807, 2.05) is 0 Å². The minimum absolute atomic E-state index is 0.196. The summed E-state index contributed by atoms with van der Waals surface area (Å²) in [5.74, 6) is 0.0316. The van der Waals surface area contributed by atoms with Gasteiger partial charge >= 0.3 is 5.97 Å². The summed E-state index contributed by atoms with van der Waals surface area (Å²) >= 11 is 5.85. The van der Waals surface area contributed by atoms with Crippen LogP contribution in [-0.4, -0.2) is 38.8 Å². The van der Waals surface area contributed by atoms with Gasteiger partial charge in [-0.25, -0.2) is 4.79 Å². The Morgan fingerprint density at radius 1 is 1.19 bits per heavy atom. The van der Waals surface area contributed by atoms with Crippen LogP contribution >= 0.6 is 11.6 Å². The van der Waals surface area contributed by atoms with Crippen molar-refractivity contribution in [1.29, 1.82) is 0 Å². The molecule has 0 unspecified atom stereocenters. The molecule has 0 fully saturated rings. The van der Waals surface area contributed by atoms with E-state index in [2.05, 4.69) is 5.32 Å². The average molecular weight is 378 g/mol. The zero-order valence-corrected chi connectivity index (χ0v) is 14.7. The van der Waals surface area contributed by atoms with Crippen molar-refractivity contribution in [2.75, 3.05) is 32.2 Å². The first-order valence-corrected chi connectivity index (χ1v) is 8.15. The molecular formula is C18H16ClNO6. The molecule has 1 aliphatic rings. The minimum atomic E-state index is -0.679. The first-order chi connectivity index (χ1) is 12.6. The number of fused-ring (bicyclic) bond motifs is 1. The van der Waals surface area contributed by atoms with Crippen LogP contribution in [0.3, 0.4) is 0 Å². The molecule has 0 bridgehead atoms. The van der Waals surface area contributed by atoms with Gasteiger partial charge in [-0.3, -0.25) is 4.79 Å². The van der Waals surface area contributed by atoms with Crippen LogP contribution in [0.2, 0.25) is 5.02 Å². The third-order valence-corrected chi connectivity index (χ3v) is 3.74. The third kappa shape index (κ3) is 4.18. The zero-order chi connectivity index (χ0) is 18.5. The molecule has 1 heterocycles. The maximum absolute atomic E-state index is 12.2. The summed E-state index contributed by atoms with van der Waals surface area (Å²) in [4.78, 5) is 24.1. The van der Waals surface area contributed by atoms with Gasteiger partial charge in [-0.05, 0) is 30.3 Å². The largest absolute Gasteiger partial charge is 0.493 e. The Hall–Kier alpha value is -2.93. The van der Waals surface area contributed by atoms with Crippen molar-refractivity contribution in [2.45, 2.75) is 0 Å². The summed E-state index contributed by atoms with van der Waals surface area (Å²) < 4.78 is 21.2. The van der Waals surface area contributed by atoms with Crippen LogP contribution in [0.15, 0.2) is 36.4 Å². The number of hydrogen-bond donors (Lipinski definition) is 1. The molecule has 0 atom stereocenters. The zero-order valence-electron chi connectivity index (χ0n) is 13.9. The molecule has 1 N–H and O–H groups in total. The van der Waals surface area contributed by atoms with Gasteiger partial charge in [0.15, 0.2) is 18.1 Å². The van der Waals surface area contributed by atoms with Crippen molar-refractivity contribution in [1.82, 2.24) is 0 Å². The van der Waals surface area contributed by atoms with Gasteiger partial charge in [-0.1, -0.05) is 17.7 Å². The van der Waals surface area contributed by atoms with Gasteiger partial charge in [0.2, 0.25) is 5.75 Å². The van der Waals surface area contributed by atoms with Crippen molar-refractivity contribution in [3.63, 3.8) is 0 Å². The average Bonchev–Trinajstić information content (AvgIpc) is 2.65. The lowest BCUT2D eigenvalue weighted by atomic mass is 10.1. The number of rotatable bonds is 5. The van der Waals surface area contributed by atoms with Crippen molar-refractivity contribution in [3.8, 4) is 17.2 Å². The quantitative estimate of drug-likeness (QED) is 0.807. The second-order valence-electron chi connectivity index (χ2n) is 5.34. The van der Waals surface area contributed by atoms with E-state index in [-0.39, 0.29) is 5.56 Å². The highest BCUT2D eigenvalue weighted by molar-refractivity contribution is 6.30. The predicted molar refractivity (Wildman–Crippen MR) is 94.3 cm³/mol. The Morgan fingerprint density at radius 2 is 2.00 bits per heavy atom. The van der Waals surface area contributed by atoms with E-state index in [1.54, 1.807) is 24.3 Å². The molecule has 2 aromatic carbocycles. The number of methoxy groups -OCH3 is 1. The molecule has 2 aromatic rings. The molecule has 136 valence electrons. The Kier molecular flexibility index (Phi) is 5.48. The summed E-state index contributed by atoms with van der Waals surface area (Å²) in [6.07, 6.45) is 0. The van der Waals surface area contributed by atoms with Crippen molar-refractivity contribution >= 4 is 29.2 Å². The molecular weight excluding hydrogens is 362 g/mol. The van der Waals surface area contributed by atoms with Crippen LogP contribution in [0.5, 0.6) is 17.2 Å². The number of benzene rings is 2. The molecule has 26 heavy (non-hydrogen) atoms. The first-order valence-electron chi connectivity index (χ1n) is 7.77. The summed E-state index contributed by atoms with van der Waals surface area (Å²) in [6.45, 7) is 0.329. The normalized spacial score (nSPS) is 12.2. The van der Waals surface area contributed by atoms with Crippen molar-refractivity contribution in [3.05, 3.63) is 47.0 Å². The SMILES string of the molecule is COc1cc(C(=O)OCC(=O)Nc2cccc(Cl)c2)cc2c1OCCO2. The Bertz CT molecular complexity index is 821.